The Morgan fingerprint density at radius 3 is 2.95 bits per heavy atom. The Morgan fingerprint density at radius 1 is 1.36 bits per heavy atom. The number of thiazole rings is 1. The average Bonchev–Trinajstić information content (AvgIpc) is 3.05. The van der Waals surface area contributed by atoms with E-state index in [1.807, 2.05) is 25.1 Å². The molecule has 0 bridgehead atoms. The van der Waals surface area contributed by atoms with Gasteiger partial charge in [-0.2, -0.15) is 0 Å². The second-order valence-electron chi connectivity index (χ2n) is 5.70. The number of aromatic nitrogens is 2. The highest BCUT2D eigenvalue weighted by Gasteiger charge is 2.32. The van der Waals surface area contributed by atoms with Crippen LogP contribution in [0.1, 0.15) is 35.6 Å². The average molecular weight is 334 g/mol. The van der Waals surface area contributed by atoms with Gasteiger partial charge in [-0.25, -0.2) is 13.4 Å². The Kier molecular flexibility index (Phi) is 3.09. The summed E-state index contributed by atoms with van der Waals surface area (Å²) in [6.07, 6.45) is 3.61. The molecule has 0 atom stereocenters. The standard InChI is InChI=1S/C15H14N2O3S2/c1-9-2-5-13-12(6-9)17-15(21-13)22(18,19)8-11-7-16-20-14(11)10-3-4-10/h2,5-7,10H,3-4,8H2,1H3. The molecule has 0 amide bonds. The van der Waals surface area contributed by atoms with Crippen LogP contribution in [0.5, 0.6) is 0 Å². The normalized spacial score (nSPS) is 15.5. The van der Waals surface area contributed by atoms with E-state index in [-0.39, 0.29) is 10.1 Å². The van der Waals surface area contributed by atoms with Crippen molar-refractivity contribution in [1.29, 1.82) is 0 Å². The van der Waals surface area contributed by atoms with E-state index in [9.17, 15) is 8.42 Å². The molecule has 5 nitrogen and oxygen atoms in total. The lowest BCUT2D eigenvalue weighted by atomic mass is 10.2. The quantitative estimate of drug-likeness (QED) is 0.731. The third-order valence-electron chi connectivity index (χ3n) is 3.76. The predicted octanol–water partition coefficient (Wildman–Crippen LogP) is 3.44. The Morgan fingerprint density at radius 2 is 2.18 bits per heavy atom. The summed E-state index contributed by atoms with van der Waals surface area (Å²) >= 11 is 1.21. The Labute approximate surface area is 131 Å². The van der Waals surface area contributed by atoms with Crippen LogP contribution in [0, 0.1) is 6.92 Å². The molecule has 2 aromatic heterocycles. The Hall–Kier alpha value is -1.73. The highest BCUT2D eigenvalue weighted by Crippen LogP contribution is 2.42. The molecular weight excluding hydrogens is 320 g/mol. The van der Waals surface area contributed by atoms with Crippen molar-refractivity contribution in [3.63, 3.8) is 0 Å². The maximum atomic E-state index is 12.6. The van der Waals surface area contributed by atoms with E-state index >= 15 is 0 Å². The van der Waals surface area contributed by atoms with E-state index in [0.717, 1.165) is 34.4 Å². The molecule has 0 N–H and O–H groups in total. The second-order valence-corrected chi connectivity index (χ2v) is 8.89. The summed E-state index contributed by atoms with van der Waals surface area (Å²) in [6, 6.07) is 5.78. The monoisotopic (exact) mass is 334 g/mol. The van der Waals surface area contributed by atoms with Crippen LogP contribution >= 0.6 is 11.3 Å². The predicted molar refractivity (Wildman–Crippen MR) is 83.7 cm³/mol. The third-order valence-corrected chi connectivity index (χ3v) is 6.92. The topological polar surface area (TPSA) is 73.1 Å². The molecule has 0 aliphatic heterocycles. The van der Waals surface area contributed by atoms with Crippen molar-refractivity contribution in [1.82, 2.24) is 10.1 Å². The van der Waals surface area contributed by atoms with Crippen LogP contribution < -0.4 is 0 Å². The first-order chi connectivity index (χ1) is 10.5. The Bertz CT molecular complexity index is 952. The summed E-state index contributed by atoms with van der Waals surface area (Å²) in [5, 5.41) is 3.76. The van der Waals surface area contributed by atoms with Gasteiger partial charge in [0.25, 0.3) is 0 Å². The van der Waals surface area contributed by atoms with Crippen molar-refractivity contribution in [3.05, 3.63) is 41.3 Å². The van der Waals surface area contributed by atoms with Crippen LogP contribution in [-0.2, 0) is 15.6 Å². The first-order valence-corrected chi connectivity index (χ1v) is 9.53. The molecule has 114 valence electrons. The van der Waals surface area contributed by atoms with Crippen molar-refractivity contribution >= 4 is 31.4 Å². The Balaban J connectivity index is 1.70. The minimum absolute atomic E-state index is 0.0961. The molecule has 3 aromatic rings. The van der Waals surface area contributed by atoms with Gasteiger partial charge < -0.3 is 4.52 Å². The van der Waals surface area contributed by atoms with E-state index in [1.54, 1.807) is 0 Å². The summed E-state index contributed by atoms with van der Waals surface area (Å²) < 4.78 is 31.5. The number of benzene rings is 1. The van der Waals surface area contributed by atoms with Gasteiger partial charge in [0.2, 0.25) is 14.2 Å². The van der Waals surface area contributed by atoms with Crippen molar-refractivity contribution in [2.75, 3.05) is 0 Å². The SMILES string of the molecule is Cc1ccc2sc(S(=O)(=O)Cc3cnoc3C3CC3)nc2c1. The fraction of sp³-hybridized carbons (Fsp3) is 0.333. The molecule has 7 heteroatoms. The fourth-order valence-electron chi connectivity index (χ4n) is 2.48. The van der Waals surface area contributed by atoms with E-state index < -0.39 is 9.84 Å². The summed E-state index contributed by atoms with van der Waals surface area (Å²) in [5.74, 6) is 0.965. The number of hydrogen-bond acceptors (Lipinski definition) is 6. The van der Waals surface area contributed by atoms with Gasteiger partial charge in [0.05, 0.1) is 22.2 Å². The molecule has 1 aliphatic carbocycles. The molecular formula is C15H14N2O3S2. The lowest BCUT2D eigenvalue weighted by Gasteiger charge is -1.99. The molecule has 4 rings (SSSR count). The third kappa shape index (κ3) is 2.44. The number of nitrogens with zero attached hydrogens (tertiary/aromatic N) is 2. The molecule has 0 spiro atoms. The van der Waals surface area contributed by atoms with E-state index in [2.05, 4.69) is 10.1 Å². The zero-order valence-corrected chi connectivity index (χ0v) is 13.6. The summed E-state index contributed by atoms with van der Waals surface area (Å²) in [6.45, 7) is 1.96. The van der Waals surface area contributed by atoms with Crippen molar-refractivity contribution < 1.29 is 12.9 Å². The van der Waals surface area contributed by atoms with Gasteiger partial charge in [0.1, 0.15) is 5.76 Å². The number of hydrogen-bond donors (Lipinski definition) is 0. The van der Waals surface area contributed by atoms with Gasteiger partial charge in [-0.05, 0) is 37.5 Å². The van der Waals surface area contributed by atoms with Gasteiger partial charge >= 0.3 is 0 Å². The molecule has 1 aliphatic rings. The maximum Gasteiger partial charge on any atom is 0.210 e. The summed E-state index contributed by atoms with van der Waals surface area (Å²) in [5.41, 5.74) is 2.46. The first kappa shape index (κ1) is 13.9. The number of rotatable bonds is 4. The van der Waals surface area contributed by atoms with Crippen molar-refractivity contribution in [2.24, 2.45) is 0 Å². The van der Waals surface area contributed by atoms with Gasteiger partial charge in [0.15, 0.2) is 0 Å². The van der Waals surface area contributed by atoms with Crippen molar-refractivity contribution in [3.8, 4) is 0 Å². The first-order valence-electron chi connectivity index (χ1n) is 7.06. The van der Waals surface area contributed by atoms with Crippen LogP contribution in [0.25, 0.3) is 10.2 Å². The summed E-state index contributed by atoms with van der Waals surface area (Å²) in [4.78, 5) is 4.30. The smallest absolute Gasteiger partial charge is 0.210 e. The van der Waals surface area contributed by atoms with Gasteiger partial charge in [-0.3, -0.25) is 0 Å². The zero-order chi connectivity index (χ0) is 15.3. The minimum Gasteiger partial charge on any atom is -0.361 e. The molecule has 0 saturated heterocycles. The van der Waals surface area contributed by atoms with Gasteiger partial charge in [-0.1, -0.05) is 11.2 Å². The van der Waals surface area contributed by atoms with Crippen molar-refractivity contribution in [2.45, 2.75) is 35.8 Å². The minimum atomic E-state index is -3.48. The largest absolute Gasteiger partial charge is 0.361 e. The van der Waals surface area contributed by atoms with E-state index in [0.29, 0.717) is 11.5 Å². The maximum absolute atomic E-state index is 12.6. The number of aryl methyl sites for hydroxylation is 1. The molecule has 1 saturated carbocycles. The molecule has 1 fully saturated rings. The van der Waals surface area contributed by atoms with Gasteiger partial charge in [0, 0.05) is 11.5 Å². The fourth-order valence-corrected chi connectivity index (χ4v) is 5.09. The highest BCUT2D eigenvalue weighted by molar-refractivity contribution is 7.92. The van der Waals surface area contributed by atoms with Crippen LogP contribution in [-0.4, -0.2) is 18.6 Å². The summed E-state index contributed by atoms with van der Waals surface area (Å²) in [7, 11) is -3.48. The van der Waals surface area contributed by atoms with E-state index in [4.69, 9.17) is 4.52 Å². The number of sulfone groups is 1. The van der Waals surface area contributed by atoms with E-state index in [1.165, 1.54) is 17.5 Å². The highest BCUT2D eigenvalue weighted by atomic mass is 32.2. The second kappa shape index (κ2) is 4.89. The zero-order valence-electron chi connectivity index (χ0n) is 11.9. The molecule has 1 aromatic carbocycles. The molecule has 0 radical (unpaired) electrons. The van der Waals surface area contributed by atoms with Crippen LogP contribution in [0.4, 0.5) is 0 Å². The lowest BCUT2D eigenvalue weighted by Crippen LogP contribution is -2.05. The van der Waals surface area contributed by atoms with Crippen LogP contribution in [0.3, 0.4) is 0 Å². The van der Waals surface area contributed by atoms with Gasteiger partial charge in [-0.15, -0.1) is 11.3 Å². The van der Waals surface area contributed by atoms with Crippen LogP contribution in [0.2, 0.25) is 0 Å². The van der Waals surface area contributed by atoms with Crippen LogP contribution in [0.15, 0.2) is 33.3 Å². The lowest BCUT2D eigenvalue weighted by molar-refractivity contribution is 0.383. The number of fused-ring (bicyclic) bond motifs is 1. The molecule has 2 heterocycles. The molecule has 22 heavy (non-hydrogen) atoms. The molecule has 0 unspecified atom stereocenters.